The van der Waals surface area contributed by atoms with E-state index >= 15 is 0 Å². The van der Waals surface area contributed by atoms with Crippen LogP contribution in [0.4, 0.5) is 0 Å². The number of hydrogen-bond acceptors (Lipinski definition) is 5. The molecule has 2 N–H and O–H groups in total. The minimum atomic E-state index is -0.474. The van der Waals surface area contributed by atoms with Gasteiger partial charge in [0.25, 0.3) is 0 Å². The molecule has 1 rings (SSSR count). The number of hydrogen-bond donors (Lipinski definition) is 1. The van der Waals surface area contributed by atoms with Gasteiger partial charge in [-0.15, -0.1) is 0 Å². The molecule has 0 saturated heterocycles. The summed E-state index contributed by atoms with van der Waals surface area (Å²) >= 11 is 0. The van der Waals surface area contributed by atoms with Crippen LogP contribution in [0.5, 0.6) is 5.75 Å². The van der Waals surface area contributed by atoms with Crippen LogP contribution in [-0.4, -0.2) is 18.2 Å². The van der Waals surface area contributed by atoms with Gasteiger partial charge in [-0.1, -0.05) is 0 Å². The second kappa shape index (κ2) is 6.36. The molecule has 1 aromatic rings. The Kier molecular flexibility index (Phi) is 4.84. The first-order valence-corrected chi connectivity index (χ1v) is 5.59. The molecular formula is C14H14N2O3. The first-order valence-electron chi connectivity index (χ1n) is 5.59. The number of nitrogens with two attached hydrogens (primary N) is 1. The van der Waals surface area contributed by atoms with Crippen molar-refractivity contribution in [2.45, 2.75) is 13.8 Å². The Morgan fingerprint density at radius 3 is 2.26 bits per heavy atom. The van der Waals surface area contributed by atoms with Crippen molar-refractivity contribution in [1.29, 1.82) is 5.26 Å². The van der Waals surface area contributed by atoms with Crippen LogP contribution in [-0.2, 0) is 4.79 Å². The lowest BCUT2D eigenvalue weighted by Crippen LogP contribution is -2.16. The fraction of sp³-hybridized carbons (Fsp3) is 0.214. The number of nitrogens with zero attached hydrogens (tertiary/aromatic N) is 1. The number of Topliss-reactive ketones (excluding diaryl/α,β-unsaturated/α-hetero) is 2. The number of ether oxygens (including phenoxy) is 1. The van der Waals surface area contributed by atoms with Crippen molar-refractivity contribution in [3.05, 3.63) is 41.1 Å². The van der Waals surface area contributed by atoms with Crippen LogP contribution in [0.25, 0.3) is 0 Å². The molecule has 5 nitrogen and oxygen atoms in total. The van der Waals surface area contributed by atoms with E-state index in [9.17, 15) is 9.59 Å². The van der Waals surface area contributed by atoms with E-state index in [1.165, 1.54) is 13.8 Å². The van der Waals surface area contributed by atoms with Crippen molar-refractivity contribution in [2.75, 3.05) is 6.61 Å². The molecular weight excluding hydrogens is 244 g/mol. The van der Waals surface area contributed by atoms with Crippen LogP contribution in [0.15, 0.2) is 35.5 Å². The van der Waals surface area contributed by atoms with E-state index in [1.54, 1.807) is 30.3 Å². The average molecular weight is 258 g/mol. The maximum atomic E-state index is 11.6. The van der Waals surface area contributed by atoms with Crippen LogP contribution in [0.1, 0.15) is 24.2 Å². The third-order valence-corrected chi connectivity index (χ3v) is 2.42. The highest BCUT2D eigenvalue weighted by Gasteiger charge is 2.12. The molecule has 98 valence electrons. The highest BCUT2D eigenvalue weighted by atomic mass is 16.5. The van der Waals surface area contributed by atoms with Gasteiger partial charge in [0, 0.05) is 11.3 Å². The number of ketones is 2. The minimum Gasteiger partial charge on any atom is -0.485 e. The molecule has 0 saturated carbocycles. The Morgan fingerprint density at radius 2 is 1.84 bits per heavy atom. The number of nitriles is 1. The zero-order chi connectivity index (χ0) is 14.4. The summed E-state index contributed by atoms with van der Waals surface area (Å²) < 4.78 is 5.23. The summed E-state index contributed by atoms with van der Waals surface area (Å²) in [7, 11) is 0. The van der Waals surface area contributed by atoms with Crippen LogP contribution >= 0.6 is 0 Å². The van der Waals surface area contributed by atoms with E-state index in [0.717, 1.165) is 0 Å². The molecule has 0 aromatic heterocycles. The summed E-state index contributed by atoms with van der Waals surface area (Å²) in [6.45, 7) is 2.68. The maximum Gasteiger partial charge on any atom is 0.212 e. The molecule has 0 amide bonds. The zero-order valence-electron chi connectivity index (χ0n) is 10.8. The second-order valence-corrected chi connectivity index (χ2v) is 3.96. The highest BCUT2D eigenvalue weighted by Crippen LogP contribution is 2.13. The van der Waals surface area contributed by atoms with Gasteiger partial charge in [0.05, 0.1) is 0 Å². The van der Waals surface area contributed by atoms with Crippen molar-refractivity contribution >= 4 is 11.6 Å². The zero-order valence-corrected chi connectivity index (χ0v) is 10.8. The van der Waals surface area contributed by atoms with Crippen LogP contribution < -0.4 is 10.5 Å². The molecule has 0 bridgehead atoms. The minimum absolute atomic E-state index is 0.0453. The third kappa shape index (κ3) is 3.96. The van der Waals surface area contributed by atoms with Gasteiger partial charge < -0.3 is 10.5 Å². The summed E-state index contributed by atoms with van der Waals surface area (Å²) in [5.74, 6) is -0.0699. The molecule has 0 aliphatic rings. The third-order valence-electron chi connectivity index (χ3n) is 2.42. The summed E-state index contributed by atoms with van der Waals surface area (Å²) in [4.78, 5) is 22.7. The average Bonchev–Trinajstić information content (AvgIpc) is 2.37. The van der Waals surface area contributed by atoms with Crippen molar-refractivity contribution in [3.63, 3.8) is 0 Å². The standard InChI is InChI=1S/C14H14N2O3/c1-9(16)13(7-15)14(18)8-19-12-5-3-11(4-6-12)10(2)17/h3-6H,8,16H2,1-2H3/b13-9+. The molecule has 0 aliphatic carbocycles. The molecule has 0 radical (unpaired) electrons. The molecule has 0 unspecified atom stereocenters. The van der Waals surface area contributed by atoms with Crippen LogP contribution in [0, 0.1) is 11.3 Å². The molecule has 19 heavy (non-hydrogen) atoms. The summed E-state index contributed by atoms with van der Waals surface area (Å²) in [6, 6.07) is 8.14. The Balaban J connectivity index is 2.68. The molecule has 0 heterocycles. The van der Waals surface area contributed by atoms with Gasteiger partial charge in [-0.3, -0.25) is 9.59 Å². The number of allylic oxidation sites excluding steroid dienone is 1. The SMILES string of the molecule is CC(=O)c1ccc(OCC(=O)/C(C#N)=C(\C)N)cc1. The molecule has 0 spiro atoms. The Labute approximate surface area is 111 Å². The van der Waals surface area contributed by atoms with Crippen molar-refractivity contribution in [2.24, 2.45) is 5.73 Å². The van der Waals surface area contributed by atoms with Crippen LogP contribution in [0.3, 0.4) is 0 Å². The van der Waals surface area contributed by atoms with E-state index in [1.807, 2.05) is 0 Å². The van der Waals surface area contributed by atoms with Gasteiger partial charge in [0.15, 0.2) is 12.4 Å². The molecule has 0 aliphatic heterocycles. The number of carbonyl (C=O) groups excluding carboxylic acids is 2. The maximum absolute atomic E-state index is 11.6. The summed E-state index contributed by atoms with van der Waals surface area (Å²) in [5, 5.41) is 8.76. The van der Waals surface area contributed by atoms with Crippen molar-refractivity contribution < 1.29 is 14.3 Å². The summed E-state index contributed by atoms with van der Waals surface area (Å²) in [6.07, 6.45) is 0. The van der Waals surface area contributed by atoms with Crippen molar-refractivity contribution in [1.82, 2.24) is 0 Å². The Hall–Kier alpha value is -2.61. The van der Waals surface area contributed by atoms with E-state index in [-0.39, 0.29) is 23.7 Å². The van der Waals surface area contributed by atoms with Gasteiger partial charge in [0.2, 0.25) is 5.78 Å². The normalized spacial score (nSPS) is 11.2. The highest BCUT2D eigenvalue weighted by molar-refractivity contribution is 6.00. The fourth-order valence-electron chi connectivity index (χ4n) is 1.38. The quantitative estimate of drug-likeness (QED) is 0.492. The van der Waals surface area contributed by atoms with Gasteiger partial charge in [-0.05, 0) is 38.1 Å². The van der Waals surface area contributed by atoms with Gasteiger partial charge in [0.1, 0.15) is 17.4 Å². The van der Waals surface area contributed by atoms with E-state index in [2.05, 4.69) is 0 Å². The van der Waals surface area contributed by atoms with Gasteiger partial charge >= 0.3 is 0 Å². The van der Waals surface area contributed by atoms with Gasteiger partial charge in [-0.2, -0.15) is 5.26 Å². The lowest BCUT2D eigenvalue weighted by molar-refractivity contribution is -0.117. The fourth-order valence-corrected chi connectivity index (χ4v) is 1.38. The van der Waals surface area contributed by atoms with E-state index in [0.29, 0.717) is 11.3 Å². The van der Waals surface area contributed by atoms with Crippen LogP contribution in [0.2, 0.25) is 0 Å². The smallest absolute Gasteiger partial charge is 0.212 e. The monoisotopic (exact) mass is 258 g/mol. The number of carbonyl (C=O) groups is 2. The first kappa shape index (κ1) is 14.5. The number of rotatable bonds is 5. The van der Waals surface area contributed by atoms with E-state index in [4.69, 9.17) is 15.7 Å². The summed E-state index contributed by atoms with van der Waals surface area (Å²) in [5.41, 5.74) is 6.05. The van der Waals surface area contributed by atoms with Gasteiger partial charge in [-0.25, -0.2) is 0 Å². The lowest BCUT2D eigenvalue weighted by Gasteiger charge is -2.06. The molecule has 0 fully saturated rings. The predicted molar refractivity (Wildman–Crippen MR) is 69.4 cm³/mol. The largest absolute Gasteiger partial charge is 0.485 e. The Morgan fingerprint density at radius 1 is 1.26 bits per heavy atom. The lowest BCUT2D eigenvalue weighted by atomic mass is 10.1. The molecule has 0 atom stereocenters. The predicted octanol–water partition coefficient (Wildman–Crippen LogP) is 1.59. The molecule has 5 heteroatoms. The molecule has 1 aromatic carbocycles. The first-order chi connectivity index (χ1) is 8.95. The number of benzene rings is 1. The second-order valence-electron chi connectivity index (χ2n) is 3.96. The topological polar surface area (TPSA) is 93.2 Å². The Bertz CT molecular complexity index is 561. The van der Waals surface area contributed by atoms with E-state index < -0.39 is 5.78 Å². The van der Waals surface area contributed by atoms with Crippen molar-refractivity contribution in [3.8, 4) is 11.8 Å².